The Morgan fingerprint density at radius 3 is 2.77 bits per heavy atom. The largest absolute Gasteiger partial charge is 0.382 e. The lowest BCUT2D eigenvalue weighted by atomic mass is 10.2. The van der Waals surface area contributed by atoms with E-state index in [1.54, 1.807) is 6.07 Å². The van der Waals surface area contributed by atoms with E-state index in [0.29, 0.717) is 11.0 Å². The van der Waals surface area contributed by atoms with Crippen LogP contribution >= 0.6 is 15.9 Å². The molecule has 0 spiro atoms. The van der Waals surface area contributed by atoms with E-state index >= 15 is 0 Å². The highest BCUT2D eigenvalue weighted by atomic mass is 79.9. The topological polar surface area (TPSA) is 45.7 Å². The van der Waals surface area contributed by atoms with Crippen molar-refractivity contribution in [2.45, 2.75) is 33.2 Å². The number of aliphatic imine (C=N–C) groups is 1. The molecule has 0 bridgehead atoms. The van der Waals surface area contributed by atoms with E-state index in [2.05, 4.69) is 31.6 Å². The quantitative estimate of drug-likeness (QED) is 0.395. The molecule has 22 heavy (non-hydrogen) atoms. The standard InChI is InChI=1S/C16H25BrFN3O/c1-3-19-16(20-9-5-6-10-22-4-2)21-12-13-7-8-14(17)15(18)11-13/h7-8,11H,3-6,9-10,12H2,1-2H3,(H2,19,20,21). The summed E-state index contributed by atoms with van der Waals surface area (Å²) in [5, 5.41) is 6.46. The summed E-state index contributed by atoms with van der Waals surface area (Å²) < 4.78 is 19.2. The van der Waals surface area contributed by atoms with Gasteiger partial charge in [-0.2, -0.15) is 0 Å². The van der Waals surface area contributed by atoms with E-state index in [1.165, 1.54) is 6.07 Å². The van der Waals surface area contributed by atoms with Gasteiger partial charge in [0.05, 0.1) is 11.0 Å². The van der Waals surface area contributed by atoms with Crippen LogP contribution in [0.25, 0.3) is 0 Å². The van der Waals surface area contributed by atoms with Crippen molar-refractivity contribution in [3.05, 3.63) is 34.1 Å². The molecule has 2 N–H and O–H groups in total. The van der Waals surface area contributed by atoms with Gasteiger partial charge >= 0.3 is 0 Å². The summed E-state index contributed by atoms with van der Waals surface area (Å²) in [7, 11) is 0. The zero-order valence-corrected chi connectivity index (χ0v) is 14.9. The second-order valence-electron chi connectivity index (χ2n) is 4.77. The van der Waals surface area contributed by atoms with Crippen LogP contribution in [0.3, 0.4) is 0 Å². The predicted octanol–water partition coefficient (Wildman–Crippen LogP) is 3.46. The molecule has 0 fully saturated rings. The van der Waals surface area contributed by atoms with Gasteiger partial charge in [0.1, 0.15) is 5.82 Å². The molecule has 1 aromatic rings. The molecule has 0 aliphatic carbocycles. The number of nitrogens with one attached hydrogen (secondary N) is 2. The minimum absolute atomic E-state index is 0.262. The molecule has 0 radical (unpaired) electrons. The Bertz CT molecular complexity index is 469. The Morgan fingerprint density at radius 1 is 1.27 bits per heavy atom. The molecule has 1 aromatic carbocycles. The van der Waals surface area contributed by atoms with Crippen molar-refractivity contribution >= 4 is 21.9 Å². The lowest BCUT2D eigenvalue weighted by Gasteiger charge is -2.11. The Morgan fingerprint density at radius 2 is 2.09 bits per heavy atom. The minimum Gasteiger partial charge on any atom is -0.382 e. The number of halogens is 2. The number of hydrogen-bond donors (Lipinski definition) is 2. The summed E-state index contributed by atoms with van der Waals surface area (Å²) in [6.45, 7) is 7.65. The van der Waals surface area contributed by atoms with Crippen molar-refractivity contribution in [1.29, 1.82) is 0 Å². The maximum absolute atomic E-state index is 13.5. The van der Waals surface area contributed by atoms with Crippen LogP contribution < -0.4 is 10.6 Å². The second kappa shape index (κ2) is 11.4. The smallest absolute Gasteiger partial charge is 0.191 e. The highest BCUT2D eigenvalue weighted by molar-refractivity contribution is 9.10. The second-order valence-corrected chi connectivity index (χ2v) is 5.63. The van der Waals surface area contributed by atoms with E-state index in [-0.39, 0.29) is 5.82 Å². The van der Waals surface area contributed by atoms with Crippen molar-refractivity contribution in [3.63, 3.8) is 0 Å². The fraction of sp³-hybridized carbons (Fsp3) is 0.562. The van der Waals surface area contributed by atoms with E-state index in [4.69, 9.17) is 4.74 Å². The van der Waals surface area contributed by atoms with Crippen LogP contribution in [0.2, 0.25) is 0 Å². The molecule has 6 heteroatoms. The Hall–Kier alpha value is -1.14. The van der Waals surface area contributed by atoms with Crippen molar-refractivity contribution in [2.75, 3.05) is 26.3 Å². The molecular weight excluding hydrogens is 349 g/mol. The Balaban J connectivity index is 2.42. The molecule has 0 aliphatic rings. The van der Waals surface area contributed by atoms with Crippen molar-refractivity contribution in [2.24, 2.45) is 4.99 Å². The Kier molecular flexibility index (Phi) is 9.82. The first kappa shape index (κ1) is 18.9. The van der Waals surface area contributed by atoms with Crippen LogP contribution in [0.15, 0.2) is 27.7 Å². The molecule has 4 nitrogen and oxygen atoms in total. The van der Waals surface area contributed by atoms with Crippen LogP contribution in [0, 0.1) is 5.82 Å². The zero-order chi connectivity index (χ0) is 16.2. The molecule has 0 atom stereocenters. The van der Waals surface area contributed by atoms with E-state index < -0.39 is 0 Å². The third-order valence-electron chi connectivity index (χ3n) is 2.96. The van der Waals surface area contributed by atoms with E-state index in [9.17, 15) is 4.39 Å². The predicted molar refractivity (Wildman–Crippen MR) is 92.6 cm³/mol. The SMILES string of the molecule is CCNC(=NCc1ccc(Br)c(F)c1)NCCCCOCC. The fourth-order valence-corrected chi connectivity index (χ4v) is 2.08. The van der Waals surface area contributed by atoms with Crippen molar-refractivity contribution < 1.29 is 9.13 Å². The van der Waals surface area contributed by atoms with Gasteiger partial charge < -0.3 is 15.4 Å². The summed E-state index contributed by atoms with van der Waals surface area (Å²) in [5.74, 6) is 0.490. The summed E-state index contributed by atoms with van der Waals surface area (Å²) in [4.78, 5) is 4.47. The van der Waals surface area contributed by atoms with Crippen LogP contribution in [0.5, 0.6) is 0 Å². The first-order valence-corrected chi connectivity index (χ1v) is 8.50. The molecule has 1 rings (SSSR count). The highest BCUT2D eigenvalue weighted by Gasteiger charge is 2.01. The van der Waals surface area contributed by atoms with Crippen LogP contribution in [0.4, 0.5) is 4.39 Å². The van der Waals surface area contributed by atoms with Gasteiger partial charge in [-0.05, 0) is 60.3 Å². The molecule has 0 saturated heterocycles. The van der Waals surface area contributed by atoms with E-state index in [0.717, 1.165) is 50.7 Å². The summed E-state index contributed by atoms with van der Waals surface area (Å²) in [6, 6.07) is 5.07. The van der Waals surface area contributed by atoms with Gasteiger partial charge in [0, 0.05) is 26.3 Å². The zero-order valence-electron chi connectivity index (χ0n) is 13.3. The van der Waals surface area contributed by atoms with Gasteiger partial charge in [-0.15, -0.1) is 0 Å². The number of unbranched alkanes of at least 4 members (excludes halogenated alkanes) is 1. The van der Waals surface area contributed by atoms with Crippen LogP contribution in [-0.4, -0.2) is 32.3 Å². The van der Waals surface area contributed by atoms with Crippen molar-refractivity contribution in [3.8, 4) is 0 Å². The number of benzene rings is 1. The maximum Gasteiger partial charge on any atom is 0.191 e. The first-order valence-electron chi connectivity index (χ1n) is 7.71. The van der Waals surface area contributed by atoms with Gasteiger partial charge in [0.15, 0.2) is 5.96 Å². The lowest BCUT2D eigenvalue weighted by Crippen LogP contribution is -2.37. The fourth-order valence-electron chi connectivity index (χ4n) is 1.83. The molecule has 0 heterocycles. The lowest BCUT2D eigenvalue weighted by molar-refractivity contribution is 0.143. The van der Waals surface area contributed by atoms with Gasteiger partial charge in [-0.1, -0.05) is 6.07 Å². The molecule has 0 aliphatic heterocycles. The van der Waals surface area contributed by atoms with Gasteiger partial charge in [0.2, 0.25) is 0 Å². The normalized spacial score (nSPS) is 11.5. The van der Waals surface area contributed by atoms with Gasteiger partial charge in [-0.3, -0.25) is 0 Å². The minimum atomic E-state index is -0.262. The first-order chi connectivity index (χ1) is 10.7. The molecular formula is C16H25BrFN3O. The summed E-state index contributed by atoms with van der Waals surface area (Å²) in [5.41, 5.74) is 0.842. The number of nitrogens with zero attached hydrogens (tertiary/aromatic N) is 1. The number of ether oxygens (including phenoxy) is 1. The third kappa shape index (κ3) is 7.75. The average Bonchev–Trinajstić information content (AvgIpc) is 2.51. The highest BCUT2D eigenvalue weighted by Crippen LogP contribution is 2.16. The summed E-state index contributed by atoms with van der Waals surface area (Å²) in [6.07, 6.45) is 2.05. The molecule has 0 saturated carbocycles. The van der Waals surface area contributed by atoms with Crippen LogP contribution in [0.1, 0.15) is 32.3 Å². The van der Waals surface area contributed by atoms with Gasteiger partial charge in [0.25, 0.3) is 0 Å². The van der Waals surface area contributed by atoms with E-state index in [1.807, 2.05) is 19.9 Å². The number of hydrogen-bond acceptors (Lipinski definition) is 2. The summed E-state index contributed by atoms with van der Waals surface area (Å²) >= 11 is 3.15. The monoisotopic (exact) mass is 373 g/mol. The number of guanidine groups is 1. The molecule has 0 amide bonds. The molecule has 0 aromatic heterocycles. The molecule has 124 valence electrons. The average molecular weight is 374 g/mol. The third-order valence-corrected chi connectivity index (χ3v) is 3.60. The van der Waals surface area contributed by atoms with Crippen LogP contribution in [-0.2, 0) is 11.3 Å². The number of rotatable bonds is 9. The van der Waals surface area contributed by atoms with Crippen molar-refractivity contribution in [1.82, 2.24) is 10.6 Å². The molecule has 0 unspecified atom stereocenters. The van der Waals surface area contributed by atoms with Gasteiger partial charge in [-0.25, -0.2) is 9.38 Å². The maximum atomic E-state index is 13.5. The Labute approximate surface area is 140 Å².